The minimum absolute atomic E-state index is 0.639. The van der Waals surface area contributed by atoms with Gasteiger partial charge in [-0.1, -0.05) is 133 Å². The summed E-state index contributed by atoms with van der Waals surface area (Å²) in [6.07, 6.45) is 0. The minimum Gasteiger partial charge on any atom is -0.308 e. The zero-order chi connectivity index (χ0) is 32.1. The molecule has 0 amide bonds. The van der Waals surface area contributed by atoms with Crippen molar-refractivity contribution in [3.8, 4) is 51.0 Å². The molecule has 1 aliphatic carbocycles. The van der Waals surface area contributed by atoms with Crippen molar-refractivity contribution in [3.05, 3.63) is 158 Å². The molecule has 1 aliphatic rings. The van der Waals surface area contributed by atoms with E-state index in [4.69, 9.17) is 15.0 Å². The first-order valence-electron chi connectivity index (χ1n) is 16.6. The second-order valence-corrected chi connectivity index (χ2v) is 12.8. The van der Waals surface area contributed by atoms with Gasteiger partial charge in [-0.25, -0.2) is 15.0 Å². The molecule has 0 unspecified atom stereocenters. The van der Waals surface area contributed by atoms with Crippen LogP contribution < -0.4 is 0 Å². The van der Waals surface area contributed by atoms with Crippen LogP contribution in [0.4, 0.5) is 0 Å². The van der Waals surface area contributed by atoms with E-state index in [2.05, 4.69) is 126 Å². The summed E-state index contributed by atoms with van der Waals surface area (Å²) in [4.78, 5) is 15.2. The van der Waals surface area contributed by atoms with Gasteiger partial charge in [0, 0.05) is 32.8 Å². The second kappa shape index (κ2) is 9.93. The lowest BCUT2D eigenvalue weighted by Gasteiger charge is -2.16. The molecular formula is C45H26N4. The Balaban J connectivity index is 1.26. The SMILES string of the molecule is c1ccc(-c2nc(-c3ccccc3)nc(-c3ccccc3-n3c4cccc5c4c4c6c(ccc7ccc8cccc-5c8c76)ccc43)n2)cc1. The summed E-state index contributed by atoms with van der Waals surface area (Å²) in [5, 5.41) is 10.3. The average molecular weight is 623 g/mol. The molecule has 0 atom stereocenters. The van der Waals surface area contributed by atoms with Gasteiger partial charge in [0.1, 0.15) is 0 Å². The summed E-state index contributed by atoms with van der Waals surface area (Å²) in [5.74, 6) is 1.94. The third-order valence-electron chi connectivity index (χ3n) is 10.1. The van der Waals surface area contributed by atoms with E-state index in [0.29, 0.717) is 17.5 Å². The first-order chi connectivity index (χ1) is 24.3. The van der Waals surface area contributed by atoms with Crippen LogP contribution in [0, 0.1) is 0 Å². The molecule has 2 heterocycles. The van der Waals surface area contributed by atoms with Crippen molar-refractivity contribution in [2.24, 2.45) is 0 Å². The fraction of sp³-hybridized carbons (Fsp3) is 0. The van der Waals surface area contributed by atoms with Crippen LogP contribution in [0.1, 0.15) is 0 Å². The summed E-state index contributed by atoms with van der Waals surface area (Å²) in [6.45, 7) is 0. The van der Waals surface area contributed by atoms with E-state index in [0.717, 1.165) is 27.9 Å². The number of hydrogen-bond acceptors (Lipinski definition) is 3. The van der Waals surface area contributed by atoms with Crippen LogP contribution in [0.3, 0.4) is 0 Å². The quantitative estimate of drug-likeness (QED) is 0.183. The van der Waals surface area contributed by atoms with Gasteiger partial charge in [0.2, 0.25) is 0 Å². The van der Waals surface area contributed by atoms with Crippen LogP contribution in [0.25, 0.3) is 105 Å². The van der Waals surface area contributed by atoms with Crippen molar-refractivity contribution in [3.63, 3.8) is 0 Å². The van der Waals surface area contributed by atoms with Gasteiger partial charge in [-0.15, -0.1) is 0 Å². The van der Waals surface area contributed by atoms with Crippen LogP contribution in [-0.4, -0.2) is 19.5 Å². The molecule has 226 valence electrons. The Morgan fingerprint density at radius 1 is 0.306 bits per heavy atom. The Kier molecular flexibility index (Phi) is 5.35. The molecule has 0 saturated carbocycles. The molecule has 11 rings (SSSR count). The number of aromatic nitrogens is 4. The molecule has 0 bridgehead atoms. The van der Waals surface area contributed by atoms with E-state index < -0.39 is 0 Å². The van der Waals surface area contributed by atoms with Gasteiger partial charge in [-0.2, -0.15) is 0 Å². The van der Waals surface area contributed by atoms with Gasteiger partial charge in [-0.3, -0.25) is 0 Å². The summed E-state index contributed by atoms with van der Waals surface area (Å²) >= 11 is 0. The third-order valence-corrected chi connectivity index (χ3v) is 10.1. The molecular weight excluding hydrogens is 597 g/mol. The monoisotopic (exact) mass is 622 g/mol. The number of para-hydroxylation sites is 1. The van der Waals surface area contributed by atoms with Gasteiger partial charge in [0.05, 0.1) is 16.7 Å². The van der Waals surface area contributed by atoms with Crippen LogP contribution in [0.15, 0.2) is 158 Å². The van der Waals surface area contributed by atoms with Gasteiger partial charge < -0.3 is 4.57 Å². The normalized spacial score (nSPS) is 12.1. The summed E-state index contributed by atoms with van der Waals surface area (Å²) in [7, 11) is 0. The number of fused-ring (bicyclic) bond motifs is 1. The van der Waals surface area contributed by atoms with E-state index >= 15 is 0 Å². The highest BCUT2D eigenvalue weighted by Crippen LogP contribution is 2.50. The van der Waals surface area contributed by atoms with Crippen LogP contribution in [0.5, 0.6) is 0 Å². The van der Waals surface area contributed by atoms with Gasteiger partial charge in [0.15, 0.2) is 17.5 Å². The third kappa shape index (κ3) is 3.71. The molecule has 8 aromatic carbocycles. The topological polar surface area (TPSA) is 43.6 Å². The van der Waals surface area contributed by atoms with Crippen molar-refractivity contribution < 1.29 is 0 Å². The lowest BCUT2D eigenvalue weighted by atomic mass is 9.93. The molecule has 0 spiro atoms. The predicted octanol–water partition coefficient (Wildman–Crippen LogP) is 11.4. The van der Waals surface area contributed by atoms with Gasteiger partial charge in [0.25, 0.3) is 0 Å². The molecule has 0 fully saturated rings. The zero-order valence-corrected chi connectivity index (χ0v) is 26.3. The van der Waals surface area contributed by atoms with E-state index in [-0.39, 0.29) is 0 Å². The summed E-state index contributed by atoms with van der Waals surface area (Å²) < 4.78 is 2.42. The first-order valence-corrected chi connectivity index (χ1v) is 16.6. The largest absolute Gasteiger partial charge is 0.308 e. The van der Waals surface area contributed by atoms with E-state index in [1.54, 1.807) is 0 Å². The number of hydrogen-bond donors (Lipinski definition) is 0. The van der Waals surface area contributed by atoms with E-state index in [9.17, 15) is 0 Å². The van der Waals surface area contributed by atoms with Crippen molar-refractivity contribution >= 4 is 54.1 Å². The Labute approximate surface area is 281 Å². The number of benzene rings is 8. The summed E-state index contributed by atoms with van der Waals surface area (Å²) in [6, 6.07) is 56.0. The molecule has 10 aromatic rings. The Morgan fingerprint density at radius 2 is 0.796 bits per heavy atom. The Bertz CT molecular complexity index is 2920. The zero-order valence-electron chi connectivity index (χ0n) is 26.3. The maximum absolute atomic E-state index is 5.14. The van der Waals surface area contributed by atoms with E-state index in [1.165, 1.54) is 59.7 Å². The lowest BCUT2D eigenvalue weighted by Crippen LogP contribution is -2.03. The van der Waals surface area contributed by atoms with Gasteiger partial charge in [-0.05, 0) is 62.3 Å². The molecule has 0 saturated heterocycles. The number of nitrogens with zero attached hydrogens (tertiary/aromatic N) is 4. The maximum Gasteiger partial charge on any atom is 0.166 e. The smallest absolute Gasteiger partial charge is 0.166 e. The molecule has 2 aromatic heterocycles. The Hall–Kier alpha value is -6.65. The highest BCUT2D eigenvalue weighted by atomic mass is 15.1. The summed E-state index contributed by atoms with van der Waals surface area (Å²) in [5.41, 5.74) is 8.75. The lowest BCUT2D eigenvalue weighted by molar-refractivity contribution is 1.06. The maximum atomic E-state index is 5.14. The van der Waals surface area contributed by atoms with Crippen molar-refractivity contribution in [1.29, 1.82) is 0 Å². The molecule has 4 heteroatoms. The minimum atomic E-state index is 0.639. The standard InChI is InChI=1S/C45H26N4/c1-3-11-30(12-4-1)43-46-44(31-13-5-2-6-14-31)48-45(47-43)34-16-7-8-19-35(34)49-36-20-10-18-33-32-17-9-15-27-21-22-28-23-24-29-25-26-37(49)42(41(33)36)40(29)39(28)38(27)32/h1-26H. The molecule has 49 heavy (non-hydrogen) atoms. The predicted molar refractivity (Wildman–Crippen MR) is 202 cm³/mol. The average Bonchev–Trinajstić information content (AvgIpc) is 3.45. The highest BCUT2D eigenvalue weighted by Gasteiger charge is 2.25. The van der Waals surface area contributed by atoms with Crippen molar-refractivity contribution in [2.45, 2.75) is 0 Å². The first kappa shape index (κ1) is 26.4. The number of rotatable bonds is 4. The molecule has 0 N–H and O–H groups in total. The van der Waals surface area contributed by atoms with Crippen molar-refractivity contribution in [2.75, 3.05) is 0 Å². The fourth-order valence-corrected chi connectivity index (χ4v) is 8.05. The molecule has 4 nitrogen and oxygen atoms in total. The van der Waals surface area contributed by atoms with Crippen LogP contribution in [-0.2, 0) is 0 Å². The van der Waals surface area contributed by atoms with Crippen LogP contribution in [0.2, 0.25) is 0 Å². The van der Waals surface area contributed by atoms with Crippen LogP contribution >= 0.6 is 0 Å². The Morgan fingerprint density at radius 3 is 1.49 bits per heavy atom. The van der Waals surface area contributed by atoms with Crippen molar-refractivity contribution in [1.82, 2.24) is 19.5 Å². The van der Waals surface area contributed by atoms with Gasteiger partial charge >= 0.3 is 0 Å². The van der Waals surface area contributed by atoms with E-state index in [1.807, 2.05) is 36.4 Å². The fourth-order valence-electron chi connectivity index (χ4n) is 8.05. The molecule has 0 aliphatic heterocycles. The second-order valence-electron chi connectivity index (χ2n) is 12.8. The highest BCUT2D eigenvalue weighted by molar-refractivity contribution is 6.38. The molecule has 0 radical (unpaired) electrons.